The van der Waals surface area contributed by atoms with E-state index in [1.807, 2.05) is 13.1 Å². The van der Waals surface area contributed by atoms with Crippen LogP contribution in [-0.2, 0) is 9.31 Å². The molecule has 3 aromatic rings. The number of imidazole rings is 1. The highest BCUT2D eigenvalue weighted by Crippen LogP contribution is 2.36. The summed E-state index contributed by atoms with van der Waals surface area (Å²) in [6.45, 7) is 10.3. The van der Waals surface area contributed by atoms with Crippen LogP contribution in [0, 0.1) is 6.92 Å². The maximum absolute atomic E-state index is 6.16. The molecule has 0 amide bonds. The number of nitrogens with zero attached hydrogens (tertiary/aromatic N) is 1. The number of nitrogens with one attached hydrogen (secondary N) is 1. The minimum Gasteiger partial charge on any atom is -0.399 e. The summed E-state index contributed by atoms with van der Waals surface area (Å²) in [6, 6.07) is 12.8. The van der Waals surface area contributed by atoms with Crippen LogP contribution in [0.3, 0.4) is 0 Å². The van der Waals surface area contributed by atoms with Crippen LogP contribution in [0.4, 0.5) is 0 Å². The molecule has 2 heterocycles. The summed E-state index contributed by atoms with van der Waals surface area (Å²) in [6.07, 6.45) is 1.87. The molecule has 4 nitrogen and oxygen atoms in total. The fourth-order valence-electron chi connectivity index (χ4n) is 3.13. The van der Waals surface area contributed by atoms with E-state index in [2.05, 4.69) is 74.1 Å². The highest BCUT2D eigenvalue weighted by molar-refractivity contribution is 6.62. The normalized spacial score (nSPS) is 18.8. The molecule has 5 heteroatoms. The van der Waals surface area contributed by atoms with Crippen molar-refractivity contribution in [1.82, 2.24) is 9.97 Å². The lowest BCUT2D eigenvalue weighted by molar-refractivity contribution is 0.00578. The van der Waals surface area contributed by atoms with Gasteiger partial charge in [-0.1, -0.05) is 30.3 Å². The Morgan fingerprint density at radius 3 is 2.20 bits per heavy atom. The minimum absolute atomic E-state index is 0.324. The Kier molecular flexibility index (Phi) is 3.57. The molecule has 0 spiro atoms. The predicted octanol–water partition coefficient (Wildman–Crippen LogP) is 3.84. The van der Waals surface area contributed by atoms with Gasteiger partial charge in [0.15, 0.2) is 0 Å². The van der Waals surface area contributed by atoms with E-state index in [1.54, 1.807) is 0 Å². The van der Waals surface area contributed by atoms with Gasteiger partial charge in [0.25, 0.3) is 0 Å². The summed E-state index contributed by atoms with van der Waals surface area (Å²) in [4.78, 5) is 7.56. The molecule has 1 fully saturated rings. The number of aryl methyl sites for hydroxylation is 1. The van der Waals surface area contributed by atoms with Crippen molar-refractivity contribution in [2.75, 3.05) is 0 Å². The first-order valence-electron chi connectivity index (χ1n) is 8.66. The van der Waals surface area contributed by atoms with Crippen LogP contribution in [0.15, 0.2) is 42.6 Å². The number of fused-ring (bicyclic) bond motifs is 1. The molecule has 1 aromatic heterocycles. The smallest absolute Gasteiger partial charge is 0.399 e. The summed E-state index contributed by atoms with van der Waals surface area (Å²) < 4.78 is 12.3. The SMILES string of the molecule is Cc1ncc(-c2ccc3cc(B4OC(C)(C)C(C)(C)O4)ccc3c2)[nH]1. The van der Waals surface area contributed by atoms with E-state index in [9.17, 15) is 0 Å². The number of hydrogen-bond donors (Lipinski definition) is 1. The molecule has 1 aliphatic rings. The summed E-state index contributed by atoms with van der Waals surface area (Å²) in [5.41, 5.74) is 2.58. The second kappa shape index (κ2) is 5.45. The molecule has 1 N–H and O–H groups in total. The van der Waals surface area contributed by atoms with E-state index in [1.165, 1.54) is 10.8 Å². The molecule has 2 aromatic carbocycles. The summed E-state index contributed by atoms with van der Waals surface area (Å²) >= 11 is 0. The van der Waals surface area contributed by atoms with Gasteiger partial charge in [-0.25, -0.2) is 4.98 Å². The van der Waals surface area contributed by atoms with Crippen LogP contribution in [0.25, 0.3) is 22.0 Å². The molecular formula is C20H23BN2O2. The number of aromatic amines is 1. The molecule has 1 aliphatic heterocycles. The minimum atomic E-state index is -0.329. The molecule has 25 heavy (non-hydrogen) atoms. The van der Waals surface area contributed by atoms with Gasteiger partial charge in [-0.05, 0) is 56.9 Å². The lowest BCUT2D eigenvalue weighted by atomic mass is 9.78. The maximum Gasteiger partial charge on any atom is 0.494 e. The molecule has 0 bridgehead atoms. The van der Waals surface area contributed by atoms with Gasteiger partial charge in [-0.15, -0.1) is 0 Å². The molecule has 0 aliphatic carbocycles. The molecule has 0 atom stereocenters. The van der Waals surface area contributed by atoms with Crippen LogP contribution in [0.5, 0.6) is 0 Å². The van der Waals surface area contributed by atoms with Gasteiger partial charge >= 0.3 is 7.12 Å². The largest absolute Gasteiger partial charge is 0.494 e. The first-order chi connectivity index (χ1) is 11.7. The van der Waals surface area contributed by atoms with Crippen molar-refractivity contribution in [3.05, 3.63) is 48.4 Å². The summed E-state index contributed by atoms with van der Waals surface area (Å²) in [7, 11) is -0.329. The summed E-state index contributed by atoms with van der Waals surface area (Å²) in [5.74, 6) is 0.922. The standard InChI is InChI=1S/C20H23BN2O2/c1-13-22-12-18(23-13)16-7-6-15-11-17(9-8-14(15)10-16)21-24-19(2,3)20(4,5)25-21/h6-12H,1-5H3,(H,22,23). The zero-order chi connectivity index (χ0) is 17.8. The highest BCUT2D eigenvalue weighted by atomic mass is 16.7. The van der Waals surface area contributed by atoms with E-state index >= 15 is 0 Å². The van der Waals surface area contributed by atoms with Gasteiger partial charge in [0.05, 0.1) is 23.1 Å². The van der Waals surface area contributed by atoms with Gasteiger partial charge in [0.1, 0.15) is 5.82 Å². The van der Waals surface area contributed by atoms with Crippen molar-refractivity contribution < 1.29 is 9.31 Å². The van der Waals surface area contributed by atoms with Crippen LogP contribution in [0.2, 0.25) is 0 Å². The van der Waals surface area contributed by atoms with Crippen LogP contribution >= 0.6 is 0 Å². The molecule has 1 saturated heterocycles. The zero-order valence-corrected chi connectivity index (χ0v) is 15.4. The Morgan fingerprint density at radius 2 is 1.56 bits per heavy atom. The quantitative estimate of drug-likeness (QED) is 0.725. The van der Waals surface area contributed by atoms with Gasteiger partial charge in [-0.3, -0.25) is 0 Å². The van der Waals surface area contributed by atoms with Gasteiger partial charge in [0.2, 0.25) is 0 Å². The third-order valence-electron chi connectivity index (χ3n) is 5.40. The summed E-state index contributed by atoms with van der Waals surface area (Å²) in [5, 5.41) is 2.36. The second-order valence-corrected chi connectivity index (χ2v) is 7.79. The Bertz CT molecular complexity index is 930. The number of benzene rings is 2. The Morgan fingerprint density at radius 1 is 0.920 bits per heavy atom. The lowest BCUT2D eigenvalue weighted by Gasteiger charge is -2.32. The topological polar surface area (TPSA) is 47.1 Å². The molecule has 0 radical (unpaired) electrons. The van der Waals surface area contributed by atoms with E-state index in [0.29, 0.717) is 0 Å². The Balaban J connectivity index is 1.68. The van der Waals surface area contributed by atoms with Crippen molar-refractivity contribution in [2.45, 2.75) is 45.8 Å². The monoisotopic (exact) mass is 334 g/mol. The molecule has 0 saturated carbocycles. The van der Waals surface area contributed by atoms with Gasteiger partial charge in [0, 0.05) is 5.56 Å². The first-order valence-corrected chi connectivity index (χ1v) is 8.66. The van der Waals surface area contributed by atoms with E-state index in [0.717, 1.165) is 22.5 Å². The number of aromatic nitrogens is 2. The number of rotatable bonds is 2. The van der Waals surface area contributed by atoms with Crippen LogP contribution < -0.4 is 5.46 Å². The van der Waals surface area contributed by atoms with Crippen LogP contribution in [0.1, 0.15) is 33.5 Å². The molecule has 0 unspecified atom stereocenters. The van der Waals surface area contributed by atoms with E-state index in [4.69, 9.17) is 9.31 Å². The van der Waals surface area contributed by atoms with Crippen molar-refractivity contribution in [2.24, 2.45) is 0 Å². The molecular weight excluding hydrogens is 311 g/mol. The van der Waals surface area contributed by atoms with Crippen molar-refractivity contribution >= 4 is 23.4 Å². The van der Waals surface area contributed by atoms with Crippen LogP contribution in [-0.4, -0.2) is 28.3 Å². The lowest BCUT2D eigenvalue weighted by Crippen LogP contribution is -2.41. The number of hydrogen-bond acceptors (Lipinski definition) is 3. The fraction of sp³-hybridized carbons (Fsp3) is 0.350. The van der Waals surface area contributed by atoms with Crippen molar-refractivity contribution in [1.29, 1.82) is 0 Å². The zero-order valence-electron chi connectivity index (χ0n) is 15.4. The second-order valence-electron chi connectivity index (χ2n) is 7.79. The molecule has 4 rings (SSSR count). The van der Waals surface area contributed by atoms with E-state index < -0.39 is 0 Å². The third kappa shape index (κ3) is 2.77. The number of H-pyrrole nitrogens is 1. The van der Waals surface area contributed by atoms with Crippen molar-refractivity contribution in [3.63, 3.8) is 0 Å². The Hall–Kier alpha value is -2.11. The highest BCUT2D eigenvalue weighted by Gasteiger charge is 2.51. The van der Waals surface area contributed by atoms with E-state index in [-0.39, 0.29) is 18.3 Å². The maximum atomic E-state index is 6.16. The average Bonchev–Trinajstić information content (AvgIpc) is 3.07. The Labute approximate surface area is 148 Å². The predicted molar refractivity (Wildman–Crippen MR) is 102 cm³/mol. The first kappa shape index (κ1) is 16.4. The van der Waals surface area contributed by atoms with Gasteiger partial charge < -0.3 is 14.3 Å². The molecule has 128 valence electrons. The van der Waals surface area contributed by atoms with Crippen molar-refractivity contribution in [3.8, 4) is 11.3 Å². The van der Waals surface area contributed by atoms with Gasteiger partial charge in [-0.2, -0.15) is 0 Å². The average molecular weight is 334 g/mol. The third-order valence-corrected chi connectivity index (χ3v) is 5.40. The fourth-order valence-corrected chi connectivity index (χ4v) is 3.13.